The van der Waals surface area contributed by atoms with E-state index in [1.54, 1.807) is 14.2 Å². The molecule has 1 saturated heterocycles. The zero-order valence-electron chi connectivity index (χ0n) is 11.3. The largest absolute Gasteiger partial charge is 0.384 e. The van der Waals surface area contributed by atoms with Crippen molar-refractivity contribution in [3.8, 4) is 0 Å². The molecule has 0 saturated carbocycles. The van der Waals surface area contributed by atoms with Crippen molar-refractivity contribution in [1.82, 2.24) is 9.36 Å². The molecule has 1 aliphatic heterocycles. The van der Waals surface area contributed by atoms with Crippen molar-refractivity contribution < 1.29 is 9.47 Å². The van der Waals surface area contributed by atoms with E-state index in [1.807, 2.05) is 0 Å². The topological polar surface area (TPSA) is 47.5 Å². The van der Waals surface area contributed by atoms with Gasteiger partial charge in [-0.3, -0.25) is 0 Å². The first kappa shape index (κ1) is 13.7. The number of rotatable bonds is 5. The highest BCUT2D eigenvalue weighted by molar-refractivity contribution is 7.09. The monoisotopic (exact) mass is 271 g/mol. The van der Waals surface area contributed by atoms with Crippen molar-refractivity contribution in [2.75, 3.05) is 38.8 Å². The quantitative estimate of drug-likeness (QED) is 0.814. The first-order valence-electron chi connectivity index (χ1n) is 6.34. The van der Waals surface area contributed by atoms with Gasteiger partial charge in [0.2, 0.25) is 5.13 Å². The van der Waals surface area contributed by atoms with Crippen molar-refractivity contribution in [2.45, 2.75) is 25.9 Å². The average molecular weight is 271 g/mol. The summed E-state index contributed by atoms with van der Waals surface area (Å²) < 4.78 is 14.9. The van der Waals surface area contributed by atoms with E-state index in [9.17, 15) is 0 Å². The van der Waals surface area contributed by atoms with Crippen molar-refractivity contribution in [3.63, 3.8) is 0 Å². The Morgan fingerprint density at radius 1 is 1.44 bits per heavy atom. The summed E-state index contributed by atoms with van der Waals surface area (Å²) in [5.74, 6) is 1.50. The van der Waals surface area contributed by atoms with Gasteiger partial charge in [-0.25, -0.2) is 4.98 Å². The SMILES string of the molecule is COCCc1nsc(N2CCC(C)C(OC)C2)n1. The fourth-order valence-electron chi connectivity index (χ4n) is 2.18. The number of nitrogens with zero attached hydrogens (tertiary/aromatic N) is 3. The molecule has 2 atom stereocenters. The number of piperidine rings is 1. The maximum absolute atomic E-state index is 5.52. The van der Waals surface area contributed by atoms with Crippen LogP contribution in [-0.2, 0) is 15.9 Å². The normalized spacial score (nSPS) is 24.5. The molecule has 5 nitrogen and oxygen atoms in total. The number of anilines is 1. The van der Waals surface area contributed by atoms with Crippen LogP contribution in [0.4, 0.5) is 5.13 Å². The Balaban J connectivity index is 1.96. The van der Waals surface area contributed by atoms with Gasteiger partial charge < -0.3 is 14.4 Å². The summed E-state index contributed by atoms with van der Waals surface area (Å²) in [6, 6.07) is 0. The fourth-order valence-corrected chi connectivity index (χ4v) is 2.93. The Kier molecular flexibility index (Phi) is 4.91. The van der Waals surface area contributed by atoms with Crippen molar-refractivity contribution in [1.29, 1.82) is 0 Å². The van der Waals surface area contributed by atoms with Gasteiger partial charge in [0.25, 0.3) is 0 Å². The molecule has 18 heavy (non-hydrogen) atoms. The van der Waals surface area contributed by atoms with Gasteiger partial charge in [-0.1, -0.05) is 6.92 Å². The van der Waals surface area contributed by atoms with E-state index in [1.165, 1.54) is 11.5 Å². The van der Waals surface area contributed by atoms with E-state index in [2.05, 4.69) is 21.2 Å². The van der Waals surface area contributed by atoms with E-state index in [-0.39, 0.29) is 0 Å². The third-order valence-corrected chi connectivity index (χ3v) is 4.26. The predicted octanol–water partition coefficient (Wildman–Crippen LogP) is 1.59. The predicted molar refractivity (Wildman–Crippen MR) is 72.3 cm³/mol. The molecule has 1 aromatic rings. The van der Waals surface area contributed by atoms with Crippen LogP contribution in [0.15, 0.2) is 0 Å². The highest BCUT2D eigenvalue weighted by atomic mass is 32.1. The second-order valence-corrected chi connectivity index (χ2v) is 5.45. The highest BCUT2D eigenvalue weighted by Crippen LogP contribution is 2.26. The zero-order chi connectivity index (χ0) is 13.0. The molecule has 1 aliphatic rings. The highest BCUT2D eigenvalue weighted by Gasteiger charge is 2.27. The number of methoxy groups -OCH3 is 2. The van der Waals surface area contributed by atoms with Crippen LogP contribution in [0.2, 0.25) is 0 Å². The van der Waals surface area contributed by atoms with Gasteiger partial charge in [0, 0.05) is 45.3 Å². The van der Waals surface area contributed by atoms with E-state index < -0.39 is 0 Å². The molecule has 0 amide bonds. The van der Waals surface area contributed by atoms with Crippen molar-refractivity contribution in [2.24, 2.45) is 5.92 Å². The Hall–Kier alpha value is -0.720. The van der Waals surface area contributed by atoms with Crippen LogP contribution in [0.3, 0.4) is 0 Å². The Bertz CT molecular complexity index is 372. The fraction of sp³-hybridized carbons (Fsp3) is 0.833. The lowest BCUT2D eigenvalue weighted by molar-refractivity contribution is 0.0498. The maximum Gasteiger partial charge on any atom is 0.205 e. The Morgan fingerprint density at radius 3 is 3.00 bits per heavy atom. The number of hydrogen-bond acceptors (Lipinski definition) is 6. The van der Waals surface area contributed by atoms with Crippen LogP contribution in [0.5, 0.6) is 0 Å². The zero-order valence-corrected chi connectivity index (χ0v) is 12.1. The molecule has 0 N–H and O–H groups in total. The van der Waals surface area contributed by atoms with Crippen molar-refractivity contribution >= 4 is 16.7 Å². The van der Waals surface area contributed by atoms with Crippen LogP contribution in [-0.4, -0.2) is 49.4 Å². The molecule has 0 aliphatic carbocycles. The Morgan fingerprint density at radius 2 is 2.28 bits per heavy atom. The van der Waals surface area contributed by atoms with Gasteiger partial charge in [0.15, 0.2) is 0 Å². The molecule has 2 heterocycles. The van der Waals surface area contributed by atoms with Crippen LogP contribution < -0.4 is 4.90 Å². The number of aromatic nitrogens is 2. The average Bonchev–Trinajstić information content (AvgIpc) is 2.85. The van der Waals surface area contributed by atoms with E-state index in [0.29, 0.717) is 18.6 Å². The van der Waals surface area contributed by atoms with E-state index >= 15 is 0 Å². The summed E-state index contributed by atoms with van der Waals surface area (Å²) in [6.45, 7) is 4.88. The van der Waals surface area contributed by atoms with Crippen LogP contribution in [0, 0.1) is 5.92 Å². The van der Waals surface area contributed by atoms with Gasteiger partial charge >= 0.3 is 0 Å². The van der Waals surface area contributed by atoms with Gasteiger partial charge in [-0.05, 0) is 12.3 Å². The molecule has 0 aromatic carbocycles. The minimum atomic E-state index is 0.296. The first-order valence-corrected chi connectivity index (χ1v) is 7.11. The van der Waals surface area contributed by atoms with Crippen LogP contribution >= 0.6 is 11.5 Å². The first-order chi connectivity index (χ1) is 8.74. The third kappa shape index (κ3) is 3.18. The van der Waals surface area contributed by atoms with E-state index in [4.69, 9.17) is 9.47 Å². The summed E-state index contributed by atoms with van der Waals surface area (Å²) in [6.07, 6.45) is 2.22. The lowest BCUT2D eigenvalue weighted by Crippen LogP contribution is -2.43. The van der Waals surface area contributed by atoms with Gasteiger partial charge in [0.1, 0.15) is 5.82 Å². The van der Waals surface area contributed by atoms with Gasteiger partial charge in [0.05, 0.1) is 12.7 Å². The molecule has 0 bridgehead atoms. The lowest BCUT2D eigenvalue weighted by Gasteiger charge is -2.35. The van der Waals surface area contributed by atoms with E-state index in [0.717, 1.165) is 36.9 Å². The number of hydrogen-bond donors (Lipinski definition) is 0. The number of ether oxygens (including phenoxy) is 2. The molecule has 6 heteroatoms. The summed E-state index contributed by atoms with van der Waals surface area (Å²) in [7, 11) is 3.48. The summed E-state index contributed by atoms with van der Waals surface area (Å²) >= 11 is 1.47. The summed E-state index contributed by atoms with van der Waals surface area (Å²) in [4.78, 5) is 6.84. The van der Waals surface area contributed by atoms with Crippen molar-refractivity contribution in [3.05, 3.63) is 5.82 Å². The lowest BCUT2D eigenvalue weighted by atomic mass is 9.96. The molecule has 1 fully saturated rings. The second kappa shape index (κ2) is 6.45. The minimum absolute atomic E-state index is 0.296. The molecule has 2 rings (SSSR count). The minimum Gasteiger partial charge on any atom is -0.384 e. The molecular formula is C12H21N3O2S. The molecular weight excluding hydrogens is 250 g/mol. The standard InChI is InChI=1S/C12H21N3O2S/c1-9-4-6-15(8-10(9)17-3)12-13-11(14-18-12)5-7-16-2/h9-10H,4-8H2,1-3H3. The molecule has 0 radical (unpaired) electrons. The molecule has 102 valence electrons. The van der Waals surface area contributed by atoms with Crippen LogP contribution in [0.25, 0.3) is 0 Å². The maximum atomic E-state index is 5.52. The second-order valence-electron chi connectivity index (χ2n) is 4.72. The van der Waals surface area contributed by atoms with Gasteiger partial charge in [-0.15, -0.1) is 0 Å². The smallest absolute Gasteiger partial charge is 0.205 e. The van der Waals surface area contributed by atoms with Gasteiger partial charge in [-0.2, -0.15) is 4.37 Å². The van der Waals surface area contributed by atoms with Crippen LogP contribution in [0.1, 0.15) is 19.2 Å². The summed E-state index contributed by atoms with van der Waals surface area (Å²) in [5.41, 5.74) is 0. The molecule has 2 unspecified atom stereocenters. The third-order valence-electron chi connectivity index (χ3n) is 3.45. The molecule has 1 aromatic heterocycles. The Labute approximate surface area is 112 Å². The summed E-state index contributed by atoms with van der Waals surface area (Å²) in [5, 5.41) is 1.01. The molecule has 0 spiro atoms.